The minimum atomic E-state index is -4.54. The first-order valence-electron chi connectivity index (χ1n) is 8.79. The molecule has 11 heteroatoms. The number of rotatable bonds is 6. The van der Waals surface area contributed by atoms with Crippen LogP contribution in [-0.2, 0) is 9.59 Å². The number of carbonyl (C=O) groups excluding carboxylic acids is 3. The maximum absolute atomic E-state index is 12.4. The molecule has 0 radical (unpaired) electrons. The number of carbonyl (C=O) groups is 3. The van der Waals surface area contributed by atoms with Crippen LogP contribution in [0, 0.1) is 5.92 Å². The predicted molar refractivity (Wildman–Crippen MR) is 95.1 cm³/mol. The van der Waals surface area contributed by atoms with Crippen molar-refractivity contribution in [2.75, 3.05) is 20.2 Å². The molecule has 2 N–H and O–H groups in total. The number of benzene rings is 1. The van der Waals surface area contributed by atoms with Crippen molar-refractivity contribution in [1.82, 2.24) is 15.8 Å². The van der Waals surface area contributed by atoms with Gasteiger partial charge in [0.1, 0.15) is 6.54 Å². The smallest absolute Gasteiger partial charge is 0.406 e. The fraction of sp³-hybridized carbons (Fsp3) is 0.500. The lowest BCUT2D eigenvalue weighted by molar-refractivity contribution is -0.157. The number of nitrogens with zero attached hydrogens (tertiary/aromatic N) is 1. The van der Waals surface area contributed by atoms with Gasteiger partial charge in [0.25, 0.3) is 5.91 Å². The third kappa shape index (κ3) is 6.26. The number of hydrazine groups is 1. The van der Waals surface area contributed by atoms with Crippen molar-refractivity contribution in [3.8, 4) is 11.5 Å². The number of nitrogens with one attached hydrogen (secondary N) is 2. The summed E-state index contributed by atoms with van der Waals surface area (Å²) in [7, 11) is 1.41. The van der Waals surface area contributed by atoms with Crippen LogP contribution in [0.5, 0.6) is 11.5 Å². The fourth-order valence-corrected chi connectivity index (χ4v) is 2.77. The van der Waals surface area contributed by atoms with E-state index in [1.807, 2.05) is 13.8 Å². The monoisotopic (exact) mass is 417 g/mol. The number of methoxy groups -OCH3 is 1. The molecule has 8 nitrogen and oxygen atoms in total. The molecular weight excluding hydrogens is 395 g/mol. The van der Waals surface area contributed by atoms with Crippen molar-refractivity contribution in [1.29, 1.82) is 0 Å². The van der Waals surface area contributed by atoms with Crippen molar-refractivity contribution in [2.24, 2.45) is 5.92 Å². The SMILES string of the molecule is COc1cc(C(=O)NNC(=O)C2CC(=O)N(CC(F)(F)F)C2)ccc1OC(C)C. The van der Waals surface area contributed by atoms with E-state index in [1.165, 1.54) is 19.2 Å². The molecule has 0 saturated carbocycles. The van der Waals surface area contributed by atoms with E-state index in [4.69, 9.17) is 9.47 Å². The van der Waals surface area contributed by atoms with E-state index in [1.54, 1.807) is 6.07 Å². The third-order valence-electron chi connectivity index (χ3n) is 4.04. The summed E-state index contributed by atoms with van der Waals surface area (Å²) in [6.07, 6.45) is -5.00. The van der Waals surface area contributed by atoms with Gasteiger partial charge in [-0.2, -0.15) is 13.2 Å². The summed E-state index contributed by atoms with van der Waals surface area (Å²) in [4.78, 5) is 36.6. The Morgan fingerprint density at radius 3 is 2.52 bits per heavy atom. The van der Waals surface area contributed by atoms with Gasteiger partial charge in [0.2, 0.25) is 11.8 Å². The quantitative estimate of drug-likeness (QED) is 0.687. The molecule has 1 aliphatic rings. The summed E-state index contributed by atoms with van der Waals surface area (Å²) in [5.41, 5.74) is 4.48. The lowest BCUT2D eigenvalue weighted by Crippen LogP contribution is -2.45. The van der Waals surface area contributed by atoms with Gasteiger partial charge in [-0.05, 0) is 32.0 Å². The molecule has 1 aromatic carbocycles. The number of ether oxygens (including phenoxy) is 2. The Labute approximate surface area is 165 Å². The minimum absolute atomic E-state index is 0.103. The molecule has 1 unspecified atom stereocenters. The highest BCUT2D eigenvalue weighted by Gasteiger charge is 2.40. The van der Waals surface area contributed by atoms with Gasteiger partial charge in [0.05, 0.1) is 19.1 Å². The molecule has 1 heterocycles. The van der Waals surface area contributed by atoms with Gasteiger partial charge < -0.3 is 14.4 Å². The third-order valence-corrected chi connectivity index (χ3v) is 4.04. The lowest BCUT2D eigenvalue weighted by atomic mass is 10.1. The average molecular weight is 417 g/mol. The van der Waals surface area contributed by atoms with Gasteiger partial charge in [-0.25, -0.2) is 0 Å². The standard InChI is InChI=1S/C18H22F3N3O5/c1-10(2)29-13-5-4-11(6-14(13)28-3)16(26)22-23-17(27)12-7-15(25)24(8-12)9-18(19,20)21/h4-6,10,12H,7-9H2,1-3H3,(H,22,26)(H,23,27). The Kier molecular flexibility index (Phi) is 6.93. The number of hydrogen-bond donors (Lipinski definition) is 2. The van der Waals surface area contributed by atoms with Crippen LogP contribution in [0.1, 0.15) is 30.6 Å². The van der Waals surface area contributed by atoms with Gasteiger partial charge >= 0.3 is 6.18 Å². The summed E-state index contributed by atoms with van der Waals surface area (Å²) in [6.45, 7) is 1.89. The van der Waals surface area contributed by atoms with E-state index in [9.17, 15) is 27.6 Å². The molecule has 1 aliphatic heterocycles. The molecule has 160 valence electrons. The van der Waals surface area contributed by atoms with Gasteiger partial charge in [0.15, 0.2) is 11.5 Å². The van der Waals surface area contributed by atoms with Crippen molar-refractivity contribution >= 4 is 17.7 Å². The normalized spacial score (nSPS) is 16.7. The molecule has 1 saturated heterocycles. The highest BCUT2D eigenvalue weighted by atomic mass is 19.4. The highest BCUT2D eigenvalue weighted by molar-refractivity contribution is 5.97. The minimum Gasteiger partial charge on any atom is -0.493 e. The molecule has 3 amide bonds. The largest absolute Gasteiger partial charge is 0.493 e. The van der Waals surface area contributed by atoms with Crippen molar-refractivity contribution in [2.45, 2.75) is 32.5 Å². The summed E-state index contributed by atoms with van der Waals surface area (Å²) in [5, 5.41) is 0. The van der Waals surface area contributed by atoms with Crippen LogP contribution < -0.4 is 20.3 Å². The molecule has 1 aromatic rings. The van der Waals surface area contributed by atoms with Crippen LogP contribution in [0.25, 0.3) is 0 Å². The number of amides is 3. The van der Waals surface area contributed by atoms with Gasteiger partial charge in [0, 0.05) is 18.5 Å². The van der Waals surface area contributed by atoms with Crippen LogP contribution in [0.4, 0.5) is 13.2 Å². The maximum atomic E-state index is 12.4. The molecule has 0 bridgehead atoms. The van der Waals surface area contributed by atoms with Gasteiger partial charge in [-0.3, -0.25) is 25.2 Å². The first kappa shape index (κ1) is 22.3. The average Bonchev–Trinajstić information content (AvgIpc) is 2.98. The Morgan fingerprint density at radius 2 is 1.93 bits per heavy atom. The second-order valence-corrected chi connectivity index (χ2v) is 6.77. The van der Waals surface area contributed by atoms with E-state index in [0.717, 1.165) is 0 Å². The molecule has 0 aliphatic carbocycles. The van der Waals surface area contributed by atoms with E-state index in [-0.39, 0.29) is 24.6 Å². The van der Waals surface area contributed by atoms with Crippen LogP contribution in [-0.4, -0.2) is 55.1 Å². The molecular formula is C18H22F3N3O5. The molecule has 29 heavy (non-hydrogen) atoms. The zero-order chi connectivity index (χ0) is 21.8. The zero-order valence-electron chi connectivity index (χ0n) is 16.1. The van der Waals surface area contributed by atoms with Crippen LogP contribution in [0.2, 0.25) is 0 Å². The topological polar surface area (TPSA) is 97.0 Å². The zero-order valence-corrected chi connectivity index (χ0v) is 16.1. The number of hydrogen-bond acceptors (Lipinski definition) is 5. The summed E-state index contributed by atoms with van der Waals surface area (Å²) < 4.78 is 48.0. The molecule has 1 fully saturated rings. The molecule has 0 aromatic heterocycles. The Hall–Kier alpha value is -2.98. The first-order chi connectivity index (χ1) is 13.5. The van der Waals surface area contributed by atoms with Crippen LogP contribution in [0.15, 0.2) is 18.2 Å². The van der Waals surface area contributed by atoms with Gasteiger partial charge in [-0.15, -0.1) is 0 Å². The number of likely N-dealkylation sites (tertiary alicyclic amines) is 1. The van der Waals surface area contributed by atoms with Crippen molar-refractivity contribution < 1.29 is 37.0 Å². The Morgan fingerprint density at radius 1 is 1.24 bits per heavy atom. The maximum Gasteiger partial charge on any atom is 0.406 e. The second-order valence-electron chi connectivity index (χ2n) is 6.77. The molecule has 0 spiro atoms. The van der Waals surface area contributed by atoms with E-state index >= 15 is 0 Å². The highest BCUT2D eigenvalue weighted by Crippen LogP contribution is 2.29. The van der Waals surface area contributed by atoms with Crippen LogP contribution >= 0.6 is 0 Å². The van der Waals surface area contributed by atoms with Crippen molar-refractivity contribution in [3.05, 3.63) is 23.8 Å². The number of alkyl halides is 3. The Bertz CT molecular complexity index is 782. The molecule has 2 rings (SSSR count). The molecule has 1 atom stereocenters. The first-order valence-corrected chi connectivity index (χ1v) is 8.79. The van der Waals surface area contributed by atoms with E-state index in [0.29, 0.717) is 16.4 Å². The summed E-state index contributed by atoms with van der Waals surface area (Å²) >= 11 is 0. The van der Waals surface area contributed by atoms with E-state index in [2.05, 4.69) is 10.9 Å². The lowest BCUT2D eigenvalue weighted by Gasteiger charge is -2.18. The Balaban J connectivity index is 1.93. The summed E-state index contributed by atoms with van der Waals surface area (Å²) in [6, 6.07) is 4.43. The second kappa shape index (κ2) is 9.01. The fourth-order valence-electron chi connectivity index (χ4n) is 2.77. The number of halogens is 3. The summed E-state index contributed by atoms with van der Waals surface area (Å²) in [5.74, 6) is -2.40. The van der Waals surface area contributed by atoms with Crippen LogP contribution in [0.3, 0.4) is 0 Å². The van der Waals surface area contributed by atoms with Gasteiger partial charge in [-0.1, -0.05) is 0 Å². The predicted octanol–water partition coefficient (Wildman–Crippen LogP) is 1.65. The van der Waals surface area contributed by atoms with E-state index < -0.39 is 36.4 Å². The van der Waals surface area contributed by atoms with Crippen molar-refractivity contribution in [3.63, 3.8) is 0 Å².